The highest BCUT2D eigenvalue weighted by molar-refractivity contribution is 5.91. The van der Waals surface area contributed by atoms with Gasteiger partial charge in [0.25, 0.3) is 0 Å². The minimum absolute atomic E-state index is 0.137. The first-order valence-corrected chi connectivity index (χ1v) is 9.31. The van der Waals surface area contributed by atoms with Crippen LogP contribution >= 0.6 is 0 Å². The van der Waals surface area contributed by atoms with E-state index in [2.05, 4.69) is 46.4 Å². The Morgan fingerprint density at radius 2 is 2.00 bits per heavy atom. The standard InChI is InChI=1S/C22H23N3O2/c1-16(25-13-12-17-6-2-3-7-18(17)15-25)14-23-21(26)10-11-22-24-19-8-4-5-9-20(19)27-22/h2-11,16H,12-15H2,1H3,(H,23,26)/b11-10+. The zero-order valence-electron chi connectivity index (χ0n) is 15.4. The Bertz CT molecular complexity index is 943. The Labute approximate surface area is 158 Å². The van der Waals surface area contributed by atoms with Gasteiger partial charge in [-0.1, -0.05) is 36.4 Å². The summed E-state index contributed by atoms with van der Waals surface area (Å²) in [4.78, 5) is 18.9. The molecule has 1 unspecified atom stereocenters. The number of carbonyl (C=O) groups is 1. The molecule has 1 aliphatic rings. The monoisotopic (exact) mass is 361 g/mol. The van der Waals surface area contributed by atoms with E-state index in [4.69, 9.17) is 4.42 Å². The first kappa shape index (κ1) is 17.5. The number of nitrogens with zero attached hydrogens (tertiary/aromatic N) is 2. The van der Waals surface area contributed by atoms with Crippen LogP contribution in [-0.4, -0.2) is 34.9 Å². The van der Waals surface area contributed by atoms with Gasteiger partial charge in [0, 0.05) is 37.8 Å². The van der Waals surface area contributed by atoms with Gasteiger partial charge in [-0.05, 0) is 36.6 Å². The normalized spacial score (nSPS) is 15.7. The molecule has 1 N–H and O–H groups in total. The number of fused-ring (bicyclic) bond motifs is 2. The van der Waals surface area contributed by atoms with E-state index < -0.39 is 0 Å². The maximum atomic E-state index is 12.1. The van der Waals surface area contributed by atoms with Gasteiger partial charge in [-0.15, -0.1) is 0 Å². The van der Waals surface area contributed by atoms with Crippen LogP contribution < -0.4 is 5.32 Å². The van der Waals surface area contributed by atoms with Crippen molar-refractivity contribution >= 4 is 23.1 Å². The molecule has 1 atom stereocenters. The third-order valence-corrected chi connectivity index (χ3v) is 5.04. The zero-order valence-corrected chi connectivity index (χ0v) is 15.4. The second-order valence-electron chi connectivity index (χ2n) is 6.94. The van der Waals surface area contributed by atoms with Crippen LogP contribution in [0.1, 0.15) is 23.9 Å². The smallest absolute Gasteiger partial charge is 0.244 e. The summed E-state index contributed by atoms with van der Waals surface area (Å²) >= 11 is 0. The molecule has 0 radical (unpaired) electrons. The molecule has 0 bridgehead atoms. The Morgan fingerprint density at radius 1 is 1.22 bits per heavy atom. The van der Waals surface area contributed by atoms with Gasteiger partial charge in [-0.25, -0.2) is 4.98 Å². The molecule has 27 heavy (non-hydrogen) atoms. The molecular formula is C22H23N3O2. The summed E-state index contributed by atoms with van der Waals surface area (Å²) in [6.07, 6.45) is 4.15. The van der Waals surface area contributed by atoms with Crippen LogP contribution in [0, 0.1) is 0 Å². The van der Waals surface area contributed by atoms with Crippen LogP contribution in [0.2, 0.25) is 0 Å². The lowest BCUT2D eigenvalue weighted by Crippen LogP contribution is -2.44. The summed E-state index contributed by atoms with van der Waals surface area (Å²) in [7, 11) is 0. The first-order chi connectivity index (χ1) is 13.2. The van der Waals surface area contributed by atoms with Crippen LogP contribution in [0.15, 0.2) is 59.0 Å². The molecule has 5 heteroatoms. The molecule has 3 aromatic rings. The molecule has 0 spiro atoms. The van der Waals surface area contributed by atoms with Crippen molar-refractivity contribution in [1.82, 2.24) is 15.2 Å². The highest BCUT2D eigenvalue weighted by Crippen LogP contribution is 2.20. The summed E-state index contributed by atoms with van der Waals surface area (Å²) < 4.78 is 5.59. The number of amides is 1. The molecule has 1 aromatic heterocycles. The van der Waals surface area contributed by atoms with Gasteiger partial charge < -0.3 is 9.73 Å². The molecular weight excluding hydrogens is 338 g/mol. The maximum Gasteiger partial charge on any atom is 0.244 e. The van der Waals surface area contributed by atoms with E-state index >= 15 is 0 Å². The fourth-order valence-electron chi connectivity index (χ4n) is 3.44. The average Bonchev–Trinajstić information content (AvgIpc) is 3.13. The fraction of sp³-hybridized carbons (Fsp3) is 0.273. The van der Waals surface area contributed by atoms with E-state index in [1.807, 2.05) is 24.3 Å². The van der Waals surface area contributed by atoms with Crippen molar-refractivity contribution in [3.05, 3.63) is 71.6 Å². The summed E-state index contributed by atoms with van der Waals surface area (Å²) in [6, 6.07) is 16.4. The van der Waals surface area contributed by atoms with E-state index in [0.29, 0.717) is 12.4 Å². The van der Waals surface area contributed by atoms with Crippen LogP contribution in [0.5, 0.6) is 0 Å². The van der Waals surface area contributed by atoms with Gasteiger partial charge in [-0.2, -0.15) is 0 Å². The van der Waals surface area contributed by atoms with Crippen LogP contribution in [-0.2, 0) is 17.8 Å². The van der Waals surface area contributed by atoms with Crippen molar-refractivity contribution in [2.24, 2.45) is 0 Å². The molecule has 0 fully saturated rings. The number of hydrogen-bond acceptors (Lipinski definition) is 4. The minimum Gasteiger partial charge on any atom is -0.437 e. The molecule has 1 amide bonds. The molecule has 0 saturated carbocycles. The van der Waals surface area contributed by atoms with E-state index in [-0.39, 0.29) is 11.9 Å². The third kappa shape index (κ3) is 4.09. The van der Waals surface area contributed by atoms with Crippen molar-refractivity contribution in [3.8, 4) is 0 Å². The molecule has 2 heterocycles. The topological polar surface area (TPSA) is 58.4 Å². The summed E-state index contributed by atoms with van der Waals surface area (Å²) in [5.41, 5.74) is 4.33. The lowest BCUT2D eigenvalue weighted by Gasteiger charge is -2.33. The summed E-state index contributed by atoms with van der Waals surface area (Å²) in [5, 5.41) is 2.97. The Morgan fingerprint density at radius 3 is 2.85 bits per heavy atom. The first-order valence-electron chi connectivity index (χ1n) is 9.31. The third-order valence-electron chi connectivity index (χ3n) is 5.04. The number of para-hydroxylation sites is 2. The van der Waals surface area contributed by atoms with Crippen LogP contribution in [0.4, 0.5) is 0 Å². The number of nitrogens with one attached hydrogen (secondary N) is 1. The van der Waals surface area contributed by atoms with Crippen molar-refractivity contribution in [2.45, 2.75) is 25.9 Å². The molecule has 4 rings (SSSR count). The Hall–Kier alpha value is -2.92. The minimum atomic E-state index is -0.137. The highest BCUT2D eigenvalue weighted by Gasteiger charge is 2.20. The number of hydrogen-bond donors (Lipinski definition) is 1. The van der Waals surface area contributed by atoms with Gasteiger partial charge in [0.05, 0.1) is 0 Å². The quantitative estimate of drug-likeness (QED) is 0.708. The predicted molar refractivity (Wildman–Crippen MR) is 106 cm³/mol. The van der Waals surface area contributed by atoms with Crippen molar-refractivity contribution < 1.29 is 9.21 Å². The number of oxazole rings is 1. The van der Waals surface area contributed by atoms with Gasteiger partial charge in [0.1, 0.15) is 5.52 Å². The largest absolute Gasteiger partial charge is 0.437 e. The van der Waals surface area contributed by atoms with Gasteiger partial charge in [0.15, 0.2) is 5.58 Å². The van der Waals surface area contributed by atoms with Crippen molar-refractivity contribution in [2.75, 3.05) is 13.1 Å². The molecule has 2 aromatic carbocycles. The highest BCUT2D eigenvalue weighted by atomic mass is 16.3. The van der Waals surface area contributed by atoms with Crippen LogP contribution in [0.25, 0.3) is 17.2 Å². The van der Waals surface area contributed by atoms with Gasteiger partial charge >= 0.3 is 0 Å². The zero-order chi connectivity index (χ0) is 18.6. The number of rotatable bonds is 5. The van der Waals surface area contributed by atoms with Gasteiger partial charge in [0.2, 0.25) is 11.8 Å². The van der Waals surface area contributed by atoms with Crippen molar-refractivity contribution in [3.63, 3.8) is 0 Å². The number of aromatic nitrogens is 1. The Kier molecular flexibility index (Phi) is 5.03. The lowest BCUT2D eigenvalue weighted by atomic mass is 9.99. The predicted octanol–water partition coefficient (Wildman–Crippen LogP) is 3.40. The maximum absolute atomic E-state index is 12.1. The van der Waals surface area contributed by atoms with Gasteiger partial charge in [-0.3, -0.25) is 9.69 Å². The van der Waals surface area contributed by atoms with E-state index in [0.717, 1.165) is 30.6 Å². The second kappa shape index (κ2) is 7.76. The molecule has 5 nitrogen and oxygen atoms in total. The summed E-state index contributed by atoms with van der Waals surface area (Å²) in [6.45, 7) is 4.72. The van der Waals surface area contributed by atoms with E-state index in [9.17, 15) is 4.79 Å². The van der Waals surface area contributed by atoms with E-state index in [1.165, 1.54) is 17.2 Å². The molecule has 138 valence electrons. The lowest BCUT2D eigenvalue weighted by molar-refractivity contribution is -0.116. The number of benzene rings is 2. The Balaban J connectivity index is 1.30. The average molecular weight is 361 g/mol. The molecule has 0 aliphatic carbocycles. The molecule has 1 aliphatic heterocycles. The second-order valence-corrected chi connectivity index (χ2v) is 6.94. The number of carbonyl (C=O) groups excluding carboxylic acids is 1. The van der Waals surface area contributed by atoms with E-state index in [1.54, 1.807) is 6.08 Å². The van der Waals surface area contributed by atoms with Crippen molar-refractivity contribution in [1.29, 1.82) is 0 Å². The molecule has 0 saturated heterocycles. The fourth-order valence-corrected chi connectivity index (χ4v) is 3.44. The summed E-state index contributed by atoms with van der Waals surface area (Å²) in [5.74, 6) is 0.300. The van der Waals surface area contributed by atoms with Crippen LogP contribution in [0.3, 0.4) is 0 Å². The SMILES string of the molecule is CC(CNC(=O)/C=C/c1nc2ccccc2o1)N1CCc2ccccc2C1.